The largest absolute Gasteiger partial charge is 0.359 e. The summed E-state index contributed by atoms with van der Waals surface area (Å²) < 4.78 is 0. The first-order valence-corrected chi connectivity index (χ1v) is 7.77. The Morgan fingerprint density at radius 1 is 1.37 bits per heavy atom. The van der Waals surface area contributed by atoms with Gasteiger partial charge < -0.3 is 11.1 Å². The van der Waals surface area contributed by atoms with Crippen LogP contribution in [0.1, 0.15) is 45.4 Å². The van der Waals surface area contributed by atoms with Crippen LogP contribution in [0.25, 0.3) is 0 Å². The van der Waals surface area contributed by atoms with Crippen molar-refractivity contribution in [2.45, 2.75) is 51.5 Å². The molecule has 2 fully saturated rings. The van der Waals surface area contributed by atoms with Gasteiger partial charge in [-0.2, -0.15) is 0 Å². The van der Waals surface area contributed by atoms with Crippen LogP contribution in [0.2, 0.25) is 0 Å². The van der Waals surface area contributed by atoms with Gasteiger partial charge in [0.25, 0.3) is 0 Å². The third-order valence-corrected chi connectivity index (χ3v) is 5.17. The maximum Gasteiger partial charge on any atom is 0.227 e. The quantitative estimate of drug-likeness (QED) is 0.759. The number of hydrogen-bond acceptors (Lipinski definition) is 3. The van der Waals surface area contributed by atoms with Gasteiger partial charge in [0.05, 0.1) is 5.41 Å². The van der Waals surface area contributed by atoms with E-state index in [1.807, 2.05) is 0 Å². The van der Waals surface area contributed by atoms with Gasteiger partial charge in [-0.15, -0.1) is 0 Å². The average molecular weight is 267 g/mol. The molecule has 2 rings (SSSR count). The zero-order valence-corrected chi connectivity index (χ0v) is 12.5. The molecule has 0 aromatic rings. The highest BCUT2D eigenvalue weighted by Gasteiger charge is 2.43. The van der Waals surface area contributed by atoms with E-state index in [1.165, 1.54) is 32.1 Å². The zero-order valence-electron chi connectivity index (χ0n) is 12.5. The Labute approximate surface area is 117 Å². The predicted octanol–water partition coefficient (Wildman–Crippen LogP) is 1.35. The van der Waals surface area contributed by atoms with Crippen LogP contribution in [0.4, 0.5) is 0 Å². The summed E-state index contributed by atoms with van der Waals surface area (Å²) in [5, 5.41) is 2.82. The van der Waals surface area contributed by atoms with E-state index in [0.717, 1.165) is 26.1 Å². The maximum atomic E-state index is 12.0. The number of likely N-dealkylation sites (tertiary alicyclic amines) is 1. The van der Waals surface area contributed by atoms with Crippen molar-refractivity contribution >= 4 is 5.91 Å². The van der Waals surface area contributed by atoms with E-state index in [9.17, 15) is 4.79 Å². The van der Waals surface area contributed by atoms with E-state index in [0.29, 0.717) is 12.0 Å². The first-order valence-electron chi connectivity index (χ1n) is 7.77. The Balaban J connectivity index is 2.03. The van der Waals surface area contributed by atoms with Crippen molar-refractivity contribution in [1.29, 1.82) is 0 Å². The summed E-state index contributed by atoms with van der Waals surface area (Å²) in [4.78, 5) is 14.6. The van der Waals surface area contributed by atoms with Crippen molar-refractivity contribution in [3.8, 4) is 0 Å². The number of nitrogens with zero attached hydrogens (tertiary/aromatic N) is 1. The molecule has 19 heavy (non-hydrogen) atoms. The summed E-state index contributed by atoms with van der Waals surface area (Å²) in [6.07, 6.45) is 7.46. The molecule has 0 radical (unpaired) electrons. The van der Waals surface area contributed by atoms with Gasteiger partial charge in [0, 0.05) is 19.6 Å². The van der Waals surface area contributed by atoms with Crippen molar-refractivity contribution in [3.63, 3.8) is 0 Å². The molecule has 4 heteroatoms. The molecule has 1 aliphatic heterocycles. The van der Waals surface area contributed by atoms with Crippen molar-refractivity contribution in [3.05, 3.63) is 0 Å². The summed E-state index contributed by atoms with van der Waals surface area (Å²) in [5.74, 6) is 0.808. The van der Waals surface area contributed by atoms with Gasteiger partial charge in [0.15, 0.2) is 0 Å². The summed E-state index contributed by atoms with van der Waals surface area (Å²) in [5.41, 5.74) is 5.77. The molecule has 1 amide bonds. The van der Waals surface area contributed by atoms with E-state index in [2.05, 4.69) is 17.1 Å². The molecule has 2 aliphatic rings. The summed E-state index contributed by atoms with van der Waals surface area (Å²) >= 11 is 0. The minimum absolute atomic E-state index is 0.188. The van der Waals surface area contributed by atoms with Gasteiger partial charge in [-0.25, -0.2) is 0 Å². The molecule has 4 nitrogen and oxygen atoms in total. The minimum atomic E-state index is -0.208. The molecular formula is C15H29N3O. The number of nitrogens with two attached hydrogens (primary N) is 1. The van der Waals surface area contributed by atoms with Crippen LogP contribution in [0.5, 0.6) is 0 Å². The lowest BCUT2D eigenvalue weighted by molar-refractivity contribution is -0.129. The van der Waals surface area contributed by atoms with E-state index in [1.54, 1.807) is 7.05 Å². The highest BCUT2D eigenvalue weighted by Crippen LogP contribution is 2.36. The fourth-order valence-corrected chi connectivity index (χ4v) is 3.89. The van der Waals surface area contributed by atoms with E-state index in [4.69, 9.17) is 5.73 Å². The highest BCUT2D eigenvalue weighted by atomic mass is 16.2. The molecule has 0 aromatic carbocycles. The molecule has 0 aromatic heterocycles. The van der Waals surface area contributed by atoms with Crippen LogP contribution in [-0.4, -0.2) is 43.5 Å². The normalized spacial score (nSPS) is 37.0. The zero-order chi connectivity index (χ0) is 13.9. The Bertz CT molecular complexity index is 321. The molecule has 3 unspecified atom stereocenters. The fourth-order valence-electron chi connectivity index (χ4n) is 3.89. The Morgan fingerprint density at radius 2 is 2.11 bits per heavy atom. The predicted molar refractivity (Wildman–Crippen MR) is 77.8 cm³/mol. The average Bonchev–Trinajstić information content (AvgIpc) is 2.68. The van der Waals surface area contributed by atoms with Crippen molar-refractivity contribution in [1.82, 2.24) is 10.2 Å². The number of rotatable bonds is 3. The van der Waals surface area contributed by atoms with Crippen LogP contribution in [0.3, 0.4) is 0 Å². The maximum absolute atomic E-state index is 12.0. The highest BCUT2D eigenvalue weighted by molar-refractivity contribution is 5.82. The standard InChI is InChI=1S/C15H29N3O/c1-15(14(19)17-2)8-9-18(11-15)13-7-5-3-4-6-12(13)10-16/h12-13H,3-11,16H2,1-2H3,(H,17,19). The first kappa shape index (κ1) is 14.8. The Hall–Kier alpha value is -0.610. The van der Waals surface area contributed by atoms with Crippen molar-refractivity contribution in [2.75, 3.05) is 26.7 Å². The monoisotopic (exact) mass is 267 g/mol. The van der Waals surface area contributed by atoms with Crippen molar-refractivity contribution in [2.24, 2.45) is 17.1 Å². The topological polar surface area (TPSA) is 58.4 Å². The number of hydrogen-bond donors (Lipinski definition) is 2. The van der Waals surface area contributed by atoms with Crippen LogP contribution >= 0.6 is 0 Å². The van der Waals surface area contributed by atoms with Crippen LogP contribution in [-0.2, 0) is 4.79 Å². The smallest absolute Gasteiger partial charge is 0.227 e. The molecule has 1 saturated heterocycles. The lowest BCUT2D eigenvalue weighted by Gasteiger charge is -2.34. The molecule has 1 heterocycles. The Kier molecular flexibility index (Phi) is 4.85. The molecule has 0 bridgehead atoms. The SMILES string of the molecule is CNC(=O)C1(C)CCN(C2CCCCCC2CN)C1. The van der Waals surface area contributed by atoms with Crippen molar-refractivity contribution < 1.29 is 4.79 Å². The second kappa shape index (κ2) is 6.23. The first-order chi connectivity index (χ1) is 9.10. The second-order valence-corrected chi connectivity index (χ2v) is 6.56. The second-order valence-electron chi connectivity index (χ2n) is 6.56. The summed E-state index contributed by atoms with van der Waals surface area (Å²) in [6.45, 7) is 4.83. The fraction of sp³-hybridized carbons (Fsp3) is 0.933. The lowest BCUT2D eigenvalue weighted by atomic mass is 9.88. The molecule has 3 N–H and O–H groups in total. The number of carbonyl (C=O) groups is 1. The van der Waals surface area contributed by atoms with Gasteiger partial charge in [-0.3, -0.25) is 9.69 Å². The number of carbonyl (C=O) groups excluding carboxylic acids is 1. The van der Waals surface area contributed by atoms with Gasteiger partial charge in [0.1, 0.15) is 0 Å². The van der Waals surface area contributed by atoms with Gasteiger partial charge in [0.2, 0.25) is 5.91 Å². The van der Waals surface area contributed by atoms with Gasteiger partial charge in [-0.05, 0) is 45.2 Å². The van der Waals surface area contributed by atoms with E-state index in [-0.39, 0.29) is 11.3 Å². The number of nitrogens with one attached hydrogen (secondary N) is 1. The van der Waals surface area contributed by atoms with E-state index < -0.39 is 0 Å². The molecule has 3 atom stereocenters. The van der Waals surface area contributed by atoms with Crippen LogP contribution in [0, 0.1) is 11.3 Å². The molecular weight excluding hydrogens is 238 g/mol. The van der Waals surface area contributed by atoms with Crippen LogP contribution in [0.15, 0.2) is 0 Å². The minimum Gasteiger partial charge on any atom is -0.359 e. The summed E-state index contributed by atoms with van der Waals surface area (Å²) in [6, 6.07) is 0.596. The van der Waals surface area contributed by atoms with E-state index >= 15 is 0 Å². The van der Waals surface area contributed by atoms with Gasteiger partial charge in [-0.1, -0.05) is 19.3 Å². The van der Waals surface area contributed by atoms with Crippen LogP contribution < -0.4 is 11.1 Å². The lowest BCUT2D eigenvalue weighted by Crippen LogP contribution is -2.45. The summed E-state index contributed by atoms with van der Waals surface area (Å²) in [7, 11) is 1.74. The molecule has 110 valence electrons. The number of amides is 1. The molecule has 0 spiro atoms. The molecule has 1 saturated carbocycles. The Morgan fingerprint density at radius 3 is 2.79 bits per heavy atom. The third kappa shape index (κ3) is 3.11. The molecule has 1 aliphatic carbocycles. The third-order valence-electron chi connectivity index (χ3n) is 5.17. The van der Waals surface area contributed by atoms with Gasteiger partial charge >= 0.3 is 0 Å².